The summed E-state index contributed by atoms with van der Waals surface area (Å²) in [6.07, 6.45) is 5.06. The smallest absolute Gasteiger partial charge is 0.115 e. The fraction of sp³-hybridized carbons (Fsp3) is 0.467. The van der Waals surface area contributed by atoms with Crippen molar-refractivity contribution >= 4 is 0 Å². The van der Waals surface area contributed by atoms with E-state index in [0.717, 1.165) is 18.4 Å². The van der Waals surface area contributed by atoms with Crippen LogP contribution in [0.2, 0.25) is 0 Å². The first-order valence-corrected chi connectivity index (χ1v) is 6.07. The van der Waals surface area contributed by atoms with Crippen LogP contribution in [0.15, 0.2) is 30.3 Å². The van der Waals surface area contributed by atoms with E-state index in [9.17, 15) is 5.11 Å². The molecule has 0 aliphatic heterocycles. The van der Waals surface area contributed by atoms with Crippen molar-refractivity contribution in [2.75, 3.05) is 0 Å². The van der Waals surface area contributed by atoms with Crippen molar-refractivity contribution < 1.29 is 5.11 Å². The maximum Gasteiger partial charge on any atom is 0.115 e. The molecule has 0 saturated heterocycles. The van der Waals surface area contributed by atoms with Crippen molar-refractivity contribution in [2.45, 2.75) is 45.1 Å². The van der Waals surface area contributed by atoms with Crippen molar-refractivity contribution in [3.05, 3.63) is 35.9 Å². The first-order chi connectivity index (χ1) is 7.83. The molecule has 86 valence electrons. The second-order valence-electron chi connectivity index (χ2n) is 4.00. The second kappa shape index (κ2) is 7.96. The Morgan fingerprint density at radius 3 is 2.56 bits per heavy atom. The molecule has 1 rings (SSSR count). The van der Waals surface area contributed by atoms with Gasteiger partial charge in [0.1, 0.15) is 6.10 Å². The van der Waals surface area contributed by atoms with Crippen LogP contribution in [0.4, 0.5) is 0 Å². The summed E-state index contributed by atoms with van der Waals surface area (Å²) < 4.78 is 0. The number of aliphatic hydroxyl groups excluding tert-OH is 1. The lowest BCUT2D eigenvalue weighted by molar-refractivity contribution is 0.217. The van der Waals surface area contributed by atoms with Gasteiger partial charge in [0.2, 0.25) is 0 Å². The van der Waals surface area contributed by atoms with Gasteiger partial charge in [-0.15, -0.1) is 0 Å². The number of aliphatic hydroxyl groups is 1. The van der Waals surface area contributed by atoms with Gasteiger partial charge in [-0.2, -0.15) is 0 Å². The van der Waals surface area contributed by atoms with Gasteiger partial charge >= 0.3 is 0 Å². The highest BCUT2D eigenvalue weighted by Crippen LogP contribution is 2.05. The molecule has 0 aromatic heterocycles. The lowest BCUT2D eigenvalue weighted by Crippen LogP contribution is -2.02. The molecular formula is C15H20O. The van der Waals surface area contributed by atoms with Gasteiger partial charge in [-0.05, 0) is 25.0 Å². The molecule has 0 radical (unpaired) electrons. The van der Waals surface area contributed by atoms with Crippen LogP contribution in [0, 0.1) is 11.8 Å². The Balaban J connectivity index is 2.29. The van der Waals surface area contributed by atoms with E-state index < -0.39 is 6.10 Å². The summed E-state index contributed by atoms with van der Waals surface area (Å²) in [4.78, 5) is 0. The van der Waals surface area contributed by atoms with Crippen LogP contribution in [0.25, 0.3) is 0 Å². The topological polar surface area (TPSA) is 20.2 Å². The molecule has 0 unspecified atom stereocenters. The molecule has 1 aromatic carbocycles. The summed E-state index contributed by atoms with van der Waals surface area (Å²) in [6, 6.07) is 9.79. The third kappa shape index (κ3) is 5.58. The van der Waals surface area contributed by atoms with E-state index in [1.165, 1.54) is 19.3 Å². The van der Waals surface area contributed by atoms with Crippen molar-refractivity contribution in [1.29, 1.82) is 0 Å². The van der Waals surface area contributed by atoms with Gasteiger partial charge in [-0.25, -0.2) is 0 Å². The van der Waals surface area contributed by atoms with Gasteiger partial charge < -0.3 is 5.11 Å². The highest BCUT2D eigenvalue weighted by atomic mass is 16.3. The summed E-state index contributed by atoms with van der Waals surface area (Å²) in [5.41, 5.74) is 0.968. The Hall–Kier alpha value is -1.26. The molecule has 0 amide bonds. The standard InChI is InChI=1S/C15H20O/c1-2-3-4-8-11-15(16)13-12-14-9-6-5-7-10-14/h5-7,9-10,15-16H,2-4,8,11H2,1H3/t15-/m0/s1. The van der Waals surface area contributed by atoms with E-state index in [-0.39, 0.29) is 0 Å². The summed E-state index contributed by atoms with van der Waals surface area (Å²) in [5.74, 6) is 5.87. The molecule has 1 nitrogen and oxygen atoms in total. The maximum atomic E-state index is 9.64. The van der Waals surface area contributed by atoms with E-state index in [2.05, 4.69) is 18.8 Å². The van der Waals surface area contributed by atoms with Crippen LogP contribution in [0.1, 0.15) is 44.6 Å². The van der Waals surface area contributed by atoms with Crippen LogP contribution in [0.5, 0.6) is 0 Å². The Morgan fingerprint density at radius 1 is 1.12 bits per heavy atom. The average molecular weight is 216 g/mol. The van der Waals surface area contributed by atoms with Crippen LogP contribution in [-0.2, 0) is 0 Å². The van der Waals surface area contributed by atoms with Crippen LogP contribution in [-0.4, -0.2) is 11.2 Å². The van der Waals surface area contributed by atoms with E-state index in [1.54, 1.807) is 0 Å². The zero-order chi connectivity index (χ0) is 11.6. The lowest BCUT2D eigenvalue weighted by Gasteiger charge is -2.01. The molecule has 1 atom stereocenters. The number of hydrogen-bond acceptors (Lipinski definition) is 1. The van der Waals surface area contributed by atoms with E-state index >= 15 is 0 Å². The normalized spacial score (nSPS) is 11.6. The molecule has 0 aliphatic carbocycles. The van der Waals surface area contributed by atoms with Gasteiger partial charge in [0.05, 0.1) is 0 Å². The van der Waals surface area contributed by atoms with E-state index in [0.29, 0.717) is 0 Å². The SMILES string of the molecule is CCCCCC[C@H](O)C#Cc1ccccc1. The molecule has 1 aromatic rings. The minimum atomic E-state index is -0.475. The Labute approximate surface area is 98.5 Å². The highest BCUT2D eigenvalue weighted by Gasteiger charge is 1.97. The third-order valence-electron chi connectivity index (χ3n) is 2.49. The zero-order valence-electron chi connectivity index (χ0n) is 9.95. The quantitative estimate of drug-likeness (QED) is 0.591. The van der Waals surface area contributed by atoms with Gasteiger partial charge in [-0.3, -0.25) is 0 Å². The van der Waals surface area contributed by atoms with Crippen LogP contribution >= 0.6 is 0 Å². The molecule has 1 heteroatoms. The zero-order valence-corrected chi connectivity index (χ0v) is 9.95. The van der Waals surface area contributed by atoms with Gasteiger partial charge in [0, 0.05) is 5.56 Å². The molecule has 0 heterocycles. The lowest BCUT2D eigenvalue weighted by atomic mass is 10.1. The second-order valence-corrected chi connectivity index (χ2v) is 4.00. The van der Waals surface area contributed by atoms with Crippen molar-refractivity contribution in [1.82, 2.24) is 0 Å². The number of unbranched alkanes of at least 4 members (excludes halogenated alkanes) is 3. The fourth-order valence-corrected chi connectivity index (χ4v) is 1.52. The van der Waals surface area contributed by atoms with Gasteiger partial charge in [-0.1, -0.05) is 56.2 Å². The molecule has 0 aliphatic rings. The van der Waals surface area contributed by atoms with Gasteiger partial charge in [0.15, 0.2) is 0 Å². The van der Waals surface area contributed by atoms with Crippen molar-refractivity contribution in [3.63, 3.8) is 0 Å². The minimum Gasteiger partial charge on any atom is -0.380 e. The van der Waals surface area contributed by atoms with E-state index in [4.69, 9.17) is 0 Å². The molecule has 16 heavy (non-hydrogen) atoms. The third-order valence-corrected chi connectivity index (χ3v) is 2.49. The molecule has 0 spiro atoms. The van der Waals surface area contributed by atoms with E-state index in [1.807, 2.05) is 30.3 Å². The van der Waals surface area contributed by atoms with Crippen LogP contribution in [0.3, 0.4) is 0 Å². The monoisotopic (exact) mass is 216 g/mol. The number of hydrogen-bond donors (Lipinski definition) is 1. The molecule has 0 bridgehead atoms. The largest absolute Gasteiger partial charge is 0.380 e. The number of benzene rings is 1. The number of rotatable bonds is 5. The predicted octanol–water partition coefficient (Wildman–Crippen LogP) is 3.37. The summed E-state index contributed by atoms with van der Waals surface area (Å²) >= 11 is 0. The molecule has 0 saturated carbocycles. The summed E-state index contributed by atoms with van der Waals surface area (Å²) in [5, 5.41) is 9.64. The summed E-state index contributed by atoms with van der Waals surface area (Å²) in [7, 11) is 0. The average Bonchev–Trinajstić information content (AvgIpc) is 2.33. The Kier molecular flexibility index (Phi) is 6.37. The summed E-state index contributed by atoms with van der Waals surface area (Å²) in [6.45, 7) is 2.19. The first kappa shape index (κ1) is 12.8. The molecule has 0 fully saturated rings. The predicted molar refractivity (Wildman–Crippen MR) is 68.1 cm³/mol. The van der Waals surface area contributed by atoms with Crippen molar-refractivity contribution in [3.8, 4) is 11.8 Å². The Morgan fingerprint density at radius 2 is 1.88 bits per heavy atom. The first-order valence-electron chi connectivity index (χ1n) is 6.07. The fourth-order valence-electron chi connectivity index (χ4n) is 1.52. The Bertz CT molecular complexity index is 331. The minimum absolute atomic E-state index is 0.475. The molecular weight excluding hydrogens is 196 g/mol. The van der Waals surface area contributed by atoms with Crippen molar-refractivity contribution in [2.24, 2.45) is 0 Å². The molecule has 1 N–H and O–H groups in total. The van der Waals surface area contributed by atoms with Crippen LogP contribution < -0.4 is 0 Å². The van der Waals surface area contributed by atoms with Gasteiger partial charge in [0.25, 0.3) is 0 Å². The highest BCUT2D eigenvalue weighted by molar-refractivity contribution is 5.34. The maximum absolute atomic E-state index is 9.64.